The van der Waals surface area contributed by atoms with E-state index in [2.05, 4.69) is 39.0 Å². The number of fused-ring (bicyclic) bond motifs is 1. The lowest BCUT2D eigenvalue weighted by Gasteiger charge is -2.35. The standard InChI is InChI=1S/C33H51NO5S.CH4O/c1-6-9-17-33(18-10-7-2)25-31(30-24-28(34(4)5)13-16-32(30)40(35,36)26-33)27-11-14-29(15-12-27)39-23-22-38-21-20-37-19-8-3;1-2/h11-16,24,31H,6-10,17-23,25-26H2,1-5H3;2H,1H3. The molecule has 1 N–H and O–H groups in total. The molecule has 0 spiro atoms. The Labute approximate surface area is 255 Å². The molecule has 1 heterocycles. The van der Waals surface area contributed by atoms with Gasteiger partial charge in [-0.25, -0.2) is 8.42 Å². The smallest absolute Gasteiger partial charge is 0.179 e. The lowest BCUT2D eigenvalue weighted by molar-refractivity contribution is 0.0366. The molecule has 1 unspecified atom stereocenters. The van der Waals surface area contributed by atoms with Crippen molar-refractivity contribution in [3.05, 3.63) is 53.6 Å². The summed E-state index contributed by atoms with van der Waals surface area (Å²) in [6, 6.07) is 14.1. The van der Waals surface area contributed by atoms with Gasteiger partial charge in [0.1, 0.15) is 12.4 Å². The Bertz CT molecular complexity index is 1130. The number of hydrogen-bond donors (Lipinski definition) is 1. The van der Waals surface area contributed by atoms with E-state index in [-0.39, 0.29) is 17.1 Å². The summed E-state index contributed by atoms with van der Waals surface area (Å²) in [6.07, 6.45) is 7.96. The van der Waals surface area contributed by atoms with E-state index in [4.69, 9.17) is 19.3 Å². The number of nitrogens with zero attached hydrogens (tertiary/aromatic N) is 1. The van der Waals surface area contributed by atoms with Crippen molar-refractivity contribution < 1.29 is 27.7 Å². The van der Waals surface area contributed by atoms with E-state index in [9.17, 15) is 8.42 Å². The van der Waals surface area contributed by atoms with Crippen LogP contribution in [0.2, 0.25) is 0 Å². The maximum absolute atomic E-state index is 13.9. The lowest BCUT2D eigenvalue weighted by atomic mass is 9.70. The molecule has 8 heteroatoms. The van der Waals surface area contributed by atoms with Gasteiger partial charge in [0.15, 0.2) is 9.84 Å². The van der Waals surface area contributed by atoms with Crippen molar-refractivity contribution in [3.8, 4) is 5.75 Å². The van der Waals surface area contributed by atoms with Crippen molar-refractivity contribution in [1.82, 2.24) is 0 Å². The monoisotopic (exact) mass is 605 g/mol. The minimum atomic E-state index is -3.43. The zero-order chi connectivity index (χ0) is 31.0. The number of unbranched alkanes of at least 4 members (excludes halogenated alkanes) is 2. The van der Waals surface area contributed by atoms with E-state index in [1.165, 1.54) is 0 Å². The summed E-state index contributed by atoms with van der Waals surface area (Å²) in [7, 11) is 1.58. The fourth-order valence-corrected chi connectivity index (χ4v) is 8.01. The molecule has 1 aliphatic heterocycles. The first-order valence-corrected chi connectivity index (χ1v) is 17.3. The van der Waals surface area contributed by atoms with Gasteiger partial charge in [0.2, 0.25) is 0 Å². The fraction of sp³-hybridized carbons (Fsp3) is 0.647. The third-order valence-electron chi connectivity index (χ3n) is 7.97. The molecule has 238 valence electrons. The van der Waals surface area contributed by atoms with Crippen molar-refractivity contribution in [2.24, 2.45) is 5.41 Å². The molecule has 0 aromatic heterocycles. The largest absolute Gasteiger partial charge is 0.491 e. The fourth-order valence-electron chi connectivity index (χ4n) is 5.81. The number of ether oxygens (including phenoxy) is 3. The van der Waals surface area contributed by atoms with Crippen molar-refractivity contribution in [2.75, 3.05) is 64.9 Å². The third-order valence-corrected chi connectivity index (χ3v) is 10.0. The molecule has 0 radical (unpaired) electrons. The molecule has 0 saturated heterocycles. The van der Waals surface area contributed by atoms with Crippen LogP contribution in [0.5, 0.6) is 5.75 Å². The molecule has 0 saturated carbocycles. The Kier molecular flexibility index (Phi) is 15.9. The first kappa shape index (κ1) is 36.1. The highest BCUT2D eigenvalue weighted by molar-refractivity contribution is 7.91. The van der Waals surface area contributed by atoms with E-state index in [1.807, 2.05) is 43.3 Å². The second kappa shape index (κ2) is 18.5. The molecule has 2 aromatic rings. The van der Waals surface area contributed by atoms with Gasteiger partial charge in [0.25, 0.3) is 0 Å². The van der Waals surface area contributed by atoms with Gasteiger partial charge in [-0.3, -0.25) is 0 Å². The summed E-state index contributed by atoms with van der Waals surface area (Å²) in [5, 5.41) is 7.00. The Morgan fingerprint density at radius 3 is 2.00 bits per heavy atom. The number of aliphatic hydroxyl groups is 1. The second-order valence-electron chi connectivity index (χ2n) is 11.5. The van der Waals surface area contributed by atoms with E-state index < -0.39 is 9.84 Å². The summed E-state index contributed by atoms with van der Waals surface area (Å²) in [4.78, 5) is 2.55. The third kappa shape index (κ3) is 10.5. The van der Waals surface area contributed by atoms with Crippen LogP contribution in [0.25, 0.3) is 0 Å². The second-order valence-corrected chi connectivity index (χ2v) is 13.4. The lowest BCUT2D eigenvalue weighted by Crippen LogP contribution is -2.30. The van der Waals surface area contributed by atoms with Crippen LogP contribution in [0.3, 0.4) is 0 Å². The summed E-state index contributed by atoms with van der Waals surface area (Å²) >= 11 is 0. The van der Waals surface area contributed by atoms with E-state index in [0.717, 1.165) is 87.6 Å². The molecule has 2 aromatic carbocycles. The first-order chi connectivity index (χ1) is 20.2. The Morgan fingerprint density at radius 1 is 0.833 bits per heavy atom. The van der Waals surface area contributed by atoms with Gasteiger partial charge >= 0.3 is 0 Å². The Hall–Kier alpha value is -2.13. The highest BCUT2D eigenvalue weighted by atomic mass is 32.2. The Morgan fingerprint density at radius 2 is 1.43 bits per heavy atom. The van der Waals surface area contributed by atoms with Crippen LogP contribution in [-0.4, -0.2) is 73.5 Å². The highest BCUT2D eigenvalue weighted by Gasteiger charge is 2.43. The summed E-state index contributed by atoms with van der Waals surface area (Å²) in [5.74, 6) is 1.03. The van der Waals surface area contributed by atoms with Crippen molar-refractivity contribution in [3.63, 3.8) is 0 Å². The van der Waals surface area contributed by atoms with E-state index in [0.29, 0.717) is 31.3 Å². The topological polar surface area (TPSA) is 85.3 Å². The number of benzene rings is 2. The molecule has 3 rings (SSSR count). The quantitative estimate of drug-likeness (QED) is 0.197. The van der Waals surface area contributed by atoms with Crippen LogP contribution >= 0.6 is 0 Å². The van der Waals surface area contributed by atoms with Gasteiger partial charge in [0.05, 0.1) is 30.5 Å². The van der Waals surface area contributed by atoms with Crippen LogP contribution in [0.1, 0.15) is 89.2 Å². The Balaban J connectivity index is 0.00000301. The van der Waals surface area contributed by atoms with Crippen molar-refractivity contribution in [2.45, 2.75) is 83.0 Å². The van der Waals surface area contributed by atoms with Gasteiger partial charge in [-0.05, 0) is 72.6 Å². The predicted octanol–water partition coefficient (Wildman–Crippen LogP) is 6.86. The average molecular weight is 606 g/mol. The molecule has 42 heavy (non-hydrogen) atoms. The molecular weight excluding hydrogens is 550 g/mol. The van der Waals surface area contributed by atoms with Crippen LogP contribution in [-0.2, 0) is 19.3 Å². The van der Waals surface area contributed by atoms with Crippen LogP contribution in [0.15, 0.2) is 47.4 Å². The molecule has 0 amide bonds. The number of rotatable bonds is 17. The number of anilines is 1. The molecule has 0 bridgehead atoms. The summed E-state index contributed by atoms with van der Waals surface area (Å²) < 4.78 is 44.8. The van der Waals surface area contributed by atoms with Gasteiger partial charge in [-0.15, -0.1) is 0 Å². The summed E-state index contributed by atoms with van der Waals surface area (Å²) in [5.41, 5.74) is 2.85. The maximum Gasteiger partial charge on any atom is 0.179 e. The highest BCUT2D eigenvalue weighted by Crippen LogP contribution is 2.50. The molecule has 7 nitrogen and oxygen atoms in total. The normalized spacial score (nSPS) is 17.0. The predicted molar refractivity (Wildman–Crippen MR) is 173 cm³/mol. The minimum Gasteiger partial charge on any atom is -0.491 e. The van der Waals surface area contributed by atoms with Crippen LogP contribution in [0, 0.1) is 5.41 Å². The molecule has 0 aliphatic carbocycles. The van der Waals surface area contributed by atoms with Crippen molar-refractivity contribution in [1.29, 1.82) is 0 Å². The number of aliphatic hydroxyl groups excluding tert-OH is 1. The molecular formula is C34H55NO6S. The SMILES string of the molecule is CCCCC1(CCCC)CC(c2ccc(OCCOCCOCCC)cc2)c2cc(N(C)C)ccc2S(=O)(=O)C1.CO. The van der Waals surface area contributed by atoms with Crippen LogP contribution < -0.4 is 9.64 Å². The molecule has 1 aliphatic rings. The molecule has 0 fully saturated rings. The van der Waals surface area contributed by atoms with Crippen LogP contribution in [0.4, 0.5) is 5.69 Å². The zero-order valence-electron chi connectivity index (χ0n) is 26.9. The van der Waals surface area contributed by atoms with Crippen molar-refractivity contribution >= 4 is 15.5 Å². The molecule has 1 atom stereocenters. The van der Waals surface area contributed by atoms with E-state index >= 15 is 0 Å². The van der Waals surface area contributed by atoms with Gasteiger partial charge in [0, 0.05) is 39.4 Å². The van der Waals surface area contributed by atoms with Gasteiger partial charge in [-0.2, -0.15) is 0 Å². The number of sulfone groups is 1. The van der Waals surface area contributed by atoms with Gasteiger partial charge in [-0.1, -0.05) is 58.6 Å². The van der Waals surface area contributed by atoms with E-state index in [1.54, 1.807) is 0 Å². The first-order valence-electron chi connectivity index (χ1n) is 15.6. The van der Waals surface area contributed by atoms with Gasteiger partial charge < -0.3 is 24.2 Å². The summed E-state index contributed by atoms with van der Waals surface area (Å²) in [6.45, 7) is 9.40. The number of hydrogen-bond acceptors (Lipinski definition) is 7. The average Bonchev–Trinajstić information content (AvgIpc) is 3.09. The zero-order valence-corrected chi connectivity index (χ0v) is 27.7. The maximum atomic E-state index is 13.9. The minimum absolute atomic E-state index is 0.00129.